The van der Waals surface area contributed by atoms with Gasteiger partial charge in [-0.1, -0.05) is 6.92 Å². The van der Waals surface area contributed by atoms with E-state index in [4.69, 9.17) is 0 Å². The maximum absolute atomic E-state index is 3.59. The maximum atomic E-state index is 3.59. The van der Waals surface area contributed by atoms with Crippen LogP contribution >= 0.6 is 0 Å². The van der Waals surface area contributed by atoms with E-state index in [1.165, 1.54) is 32.7 Å². The van der Waals surface area contributed by atoms with Gasteiger partial charge in [0.2, 0.25) is 0 Å². The van der Waals surface area contributed by atoms with Crippen molar-refractivity contribution >= 4 is 0 Å². The predicted octanol–water partition coefficient (Wildman–Crippen LogP) is 2.74. The first-order valence-electron chi connectivity index (χ1n) is 8.64. The molecule has 19 heavy (non-hydrogen) atoms. The summed E-state index contributed by atoms with van der Waals surface area (Å²) in [5, 5.41) is 3.59. The van der Waals surface area contributed by atoms with Gasteiger partial charge in [0.05, 0.1) is 0 Å². The van der Waals surface area contributed by atoms with Gasteiger partial charge in [-0.15, -0.1) is 0 Å². The Labute approximate surface area is 118 Å². The van der Waals surface area contributed by atoms with Gasteiger partial charge in [-0.25, -0.2) is 0 Å². The fourth-order valence-electron chi connectivity index (χ4n) is 6.28. The van der Waals surface area contributed by atoms with Crippen molar-refractivity contribution in [2.75, 3.05) is 32.7 Å². The molecular formula is C17H30N2. The van der Waals surface area contributed by atoms with Crippen LogP contribution in [0.3, 0.4) is 0 Å². The first kappa shape index (κ1) is 12.6. The van der Waals surface area contributed by atoms with Crippen LogP contribution in [0.2, 0.25) is 0 Å². The molecule has 4 saturated carbocycles. The van der Waals surface area contributed by atoms with Crippen LogP contribution in [0.15, 0.2) is 0 Å². The van der Waals surface area contributed by atoms with Gasteiger partial charge < -0.3 is 10.2 Å². The minimum absolute atomic E-state index is 0.735. The molecule has 1 N–H and O–H groups in total. The predicted molar refractivity (Wildman–Crippen MR) is 79.1 cm³/mol. The van der Waals surface area contributed by atoms with E-state index in [1.807, 2.05) is 0 Å². The van der Waals surface area contributed by atoms with Crippen molar-refractivity contribution in [3.63, 3.8) is 0 Å². The normalized spacial score (nSPS) is 50.4. The van der Waals surface area contributed by atoms with Crippen molar-refractivity contribution < 1.29 is 0 Å². The van der Waals surface area contributed by atoms with E-state index in [0.717, 1.165) is 29.1 Å². The molecule has 0 amide bonds. The van der Waals surface area contributed by atoms with E-state index in [2.05, 4.69) is 17.1 Å². The number of rotatable bonds is 2. The Kier molecular flexibility index (Phi) is 3.15. The number of nitrogens with zero attached hydrogens (tertiary/aromatic N) is 1. The zero-order valence-electron chi connectivity index (χ0n) is 12.5. The van der Waals surface area contributed by atoms with Gasteiger partial charge in [0.1, 0.15) is 0 Å². The molecule has 5 fully saturated rings. The first-order chi connectivity index (χ1) is 9.21. The summed E-state index contributed by atoms with van der Waals surface area (Å²) in [7, 11) is 0. The van der Waals surface area contributed by atoms with Crippen LogP contribution in [-0.2, 0) is 0 Å². The fourth-order valence-corrected chi connectivity index (χ4v) is 6.28. The summed E-state index contributed by atoms with van der Waals surface area (Å²) in [4.78, 5) is 2.80. The Morgan fingerprint density at radius 1 is 1.05 bits per heavy atom. The summed E-state index contributed by atoms with van der Waals surface area (Å²) < 4.78 is 0. The Hall–Kier alpha value is -0.0800. The smallest absolute Gasteiger partial charge is 0.0107 e. The molecule has 108 valence electrons. The summed E-state index contributed by atoms with van der Waals surface area (Å²) >= 11 is 0. The minimum atomic E-state index is 0.735. The molecule has 1 saturated heterocycles. The minimum Gasteiger partial charge on any atom is -0.315 e. The van der Waals surface area contributed by atoms with E-state index in [9.17, 15) is 0 Å². The topological polar surface area (TPSA) is 15.3 Å². The third-order valence-corrected chi connectivity index (χ3v) is 6.39. The standard InChI is InChI=1S/C17H30N2/c1-13-10-18-2-3-19(11-13)12-17-7-14-4-15(8-17)6-16(5-14)9-17/h13-16,18H,2-12H2,1H3. The highest BCUT2D eigenvalue weighted by molar-refractivity contribution is 5.02. The lowest BCUT2D eigenvalue weighted by molar-refractivity contribution is -0.0693. The Bertz CT molecular complexity index is 303. The van der Waals surface area contributed by atoms with Crippen molar-refractivity contribution in [3.05, 3.63) is 0 Å². The summed E-state index contributed by atoms with van der Waals surface area (Å²) in [5.41, 5.74) is 0.735. The second-order valence-electron chi connectivity index (χ2n) is 8.46. The molecule has 5 rings (SSSR count). The second-order valence-corrected chi connectivity index (χ2v) is 8.46. The van der Waals surface area contributed by atoms with Crippen LogP contribution in [0, 0.1) is 29.1 Å². The molecule has 5 aliphatic rings. The molecule has 2 nitrogen and oxygen atoms in total. The summed E-state index contributed by atoms with van der Waals surface area (Å²) in [5.74, 6) is 4.15. The molecule has 1 atom stereocenters. The lowest BCUT2D eigenvalue weighted by atomic mass is 9.49. The lowest BCUT2D eigenvalue weighted by Gasteiger charge is -2.58. The quantitative estimate of drug-likeness (QED) is 0.823. The van der Waals surface area contributed by atoms with Gasteiger partial charge in [0.25, 0.3) is 0 Å². The van der Waals surface area contributed by atoms with Crippen LogP contribution in [0.1, 0.15) is 45.4 Å². The first-order valence-corrected chi connectivity index (χ1v) is 8.64. The Balaban J connectivity index is 1.46. The molecular weight excluding hydrogens is 232 g/mol. The molecule has 1 aliphatic heterocycles. The van der Waals surface area contributed by atoms with Gasteiger partial charge in [0.15, 0.2) is 0 Å². The third-order valence-electron chi connectivity index (χ3n) is 6.39. The number of hydrogen-bond donors (Lipinski definition) is 1. The maximum Gasteiger partial charge on any atom is 0.0107 e. The SMILES string of the molecule is CC1CNCCN(CC23CC4CC(CC(C4)C2)C3)C1. The zero-order chi connectivity index (χ0) is 12.9. The van der Waals surface area contributed by atoms with Gasteiger partial charge in [-0.2, -0.15) is 0 Å². The number of nitrogens with one attached hydrogen (secondary N) is 1. The molecule has 0 spiro atoms. The van der Waals surface area contributed by atoms with Crippen LogP contribution in [0.4, 0.5) is 0 Å². The van der Waals surface area contributed by atoms with Crippen LogP contribution in [-0.4, -0.2) is 37.6 Å². The van der Waals surface area contributed by atoms with E-state index in [-0.39, 0.29) is 0 Å². The highest BCUT2D eigenvalue weighted by Crippen LogP contribution is 2.60. The summed E-state index contributed by atoms with van der Waals surface area (Å²) in [6.07, 6.45) is 9.44. The molecule has 1 unspecified atom stereocenters. The average Bonchev–Trinajstić information content (AvgIpc) is 2.51. The molecule has 0 aromatic carbocycles. The average molecular weight is 262 g/mol. The Morgan fingerprint density at radius 3 is 2.32 bits per heavy atom. The van der Waals surface area contributed by atoms with Gasteiger partial charge >= 0.3 is 0 Å². The third kappa shape index (κ3) is 2.47. The van der Waals surface area contributed by atoms with Crippen molar-refractivity contribution in [2.45, 2.75) is 45.4 Å². The monoisotopic (exact) mass is 262 g/mol. The molecule has 1 heterocycles. The van der Waals surface area contributed by atoms with Crippen molar-refractivity contribution in [1.29, 1.82) is 0 Å². The van der Waals surface area contributed by atoms with Crippen LogP contribution in [0.5, 0.6) is 0 Å². The highest BCUT2D eigenvalue weighted by Gasteiger charge is 2.51. The van der Waals surface area contributed by atoms with Crippen LogP contribution < -0.4 is 5.32 Å². The van der Waals surface area contributed by atoms with Crippen molar-refractivity contribution in [1.82, 2.24) is 10.2 Å². The van der Waals surface area contributed by atoms with E-state index in [0.29, 0.717) is 0 Å². The Morgan fingerprint density at radius 2 is 1.68 bits per heavy atom. The van der Waals surface area contributed by atoms with Crippen LogP contribution in [0.25, 0.3) is 0 Å². The van der Waals surface area contributed by atoms with Crippen molar-refractivity contribution in [3.8, 4) is 0 Å². The molecule has 4 aliphatic carbocycles. The fraction of sp³-hybridized carbons (Fsp3) is 1.00. The van der Waals surface area contributed by atoms with E-state index in [1.54, 1.807) is 38.5 Å². The largest absolute Gasteiger partial charge is 0.315 e. The molecule has 4 bridgehead atoms. The summed E-state index contributed by atoms with van der Waals surface area (Å²) in [6, 6.07) is 0. The van der Waals surface area contributed by atoms with Gasteiger partial charge in [-0.3, -0.25) is 0 Å². The van der Waals surface area contributed by atoms with Crippen molar-refractivity contribution in [2.24, 2.45) is 29.1 Å². The highest BCUT2D eigenvalue weighted by atomic mass is 15.2. The molecule has 0 aromatic rings. The zero-order valence-corrected chi connectivity index (χ0v) is 12.5. The lowest BCUT2D eigenvalue weighted by Crippen LogP contribution is -2.51. The molecule has 0 radical (unpaired) electrons. The van der Waals surface area contributed by atoms with Gasteiger partial charge in [-0.05, 0) is 74.2 Å². The van der Waals surface area contributed by atoms with Gasteiger partial charge in [0, 0.05) is 26.2 Å². The summed E-state index contributed by atoms with van der Waals surface area (Å²) in [6.45, 7) is 8.86. The van der Waals surface area contributed by atoms with E-state index >= 15 is 0 Å². The van der Waals surface area contributed by atoms with E-state index < -0.39 is 0 Å². The molecule has 2 heteroatoms. The number of hydrogen-bond acceptors (Lipinski definition) is 2. The second kappa shape index (κ2) is 4.73. The molecule has 0 aromatic heterocycles.